The Labute approximate surface area is 87.2 Å². The average Bonchev–Trinajstić information content (AvgIpc) is 2.86. The first-order valence-electron chi connectivity index (χ1n) is 4.77. The summed E-state index contributed by atoms with van der Waals surface area (Å²) >= 11 is 1.66. The van der Waals surface area contributed by atoms with Crippen molar-refractivity contribution in [1.29, 1.82) is 0 Å². The molecule has 0 aromatic carbocycles. The minimum Gasteiger partial charge on any atom is -0.262 e. The van der Waals surface area contributed by atoms with E-state index in [4.69, 9.17) is 0 Å². The number of aromatic nitrogens is 3. The summed E-state index contributed by atoms with van der Waals surface area (Å²) in [6, 6.07) is 4.05. The molecule has 3 nitrogen and oxygen atoms in total. The van der Waals surface area contributed by atoms with E-state index in [1.807, 2.05) is 17.5 Å². The number of nitrogens with zero attached hydrogens (tertiary/aromatic N) is 2. The number of hydrogen-bond acceptors (Lipinski definition) is 3. The first kappa shape index (κ1) is 9.40. The van der Waals surface area contributed by atoms with Gasteiger partial charge in [-0.2, -0.15) is 5.10 Å². The van der Waals surface area contributed by atoms with E-state index < -0.39 is 0 Å². The molecular weight excluding hydrogens is 194 g/mol. The summed E-state index contributed by atoms with van der Waals surface area (Å²) in [4.78, 5) is 5.59. The molecular formula is C10H13N3S. The van der Waals surface area contributed by atoms with Gasteiger partial charge in [0.15, 0.2) is 5.82 Å². The SMILES string of the molecule is CCC(C)c1nc(-c2cccs2)n[nH]1. The lowest BCUT2D eigenvalue weighted by molar-refractivity contribution is 0.682. The van der Waals surface area contributed by atoms with Crippen LogP contribution in [0, 0.1) is 0 Å². The van der Waals surface area contributed by atoms with E-state index in [0.29, 0.717) is 5.92 Å². The molecule has 1 unspecified atom stereocenters. The molecule has 74 valence electrons. The van der Waals surface area contributed by atoms with Crippen LogP contribution in [0.25, 0.3) is 10.7 Å². The quantitative estimate of drug-likeness (QED) is 0.840. The van der Waals surface area contributed by atoms with Crippen LogP contribution >= 0.6 is 11.3 Å². The predicted molar refractivity (Wildman–Crippen MR) is 58.4 cm³/mol. The van der Waals surface area contributed by atoms with Crippen molar-refractivity contribution in [2.75, 3.05) is 0 Å². The fraction of sp³-hybridized carbons (Fsp3) is 0.400. The van der Waals surface area contributed by atoms with Crippen LogP contribution in [-0.2, 0) is 0 Å². The lowest BCUT2D eigenvalue weighted by Gasteiger charge is -2.00. The van der Waals surface area contributed by atoms with Crippen LogP contribution in [-0.4, -0.2) is 15.2 Å². The van der Waals surface area contributed by atoms with Gasteiger partial charge in [0.2, 0.25) is 0 Å². The minimum atomic E-state index is 0.455. The molecule has 4 heteroatoms. The summed E-state index contributed by atoms with van der Waals surface area (Å²) in [7, 11) is 0. The molecule has 2 heterocycles. The van der Waals surface area contributed by atoms with Crippen molar-refractivity contribution in [2.24, 2.45) is 0 Å². The van der Waals surface area contributed by atoms with E-state index in [-0.39, 0.29) is 0 Å². The summed E-state index contributed by atoms with van der Waals surface area (Å²) in [5.41, 5.74) is 0. The fourth-order valence-electron chi connectivity index (χ4n) is 1.20. The van der Waals surface area contributed by atoms with Gasteiger partial charge in [-0.15, -0.1) is 11.3 Å². The molecule has 0 radical (unpaired) electrons. The van der Waals surface area contributed by atoms with E-state index in [2.05, 4.69) is 29.0 Å². The maximum Gasteiger partial charge on any atom is 0.191 e. The van der Waals surface area contributed by atoms with E-state index in [0.717, 1.165) is 22.9 Å². The van der Waals surface area contributed by atoms with Gasteiger partial charge < -0.3 is 0 Å². The first-order chi connectivity index (χ1) is 6.81. The van der Waals surface area contributed by atoms with E-state index in [9.17, 15) is 0 Å². The Morgan fingerprint density at radius 2 is 2.43 bits per heavy atom. The lowest BCUT2D eigenvalue weighted by atomic mass is 10.1. The van der Waals surface area contributed by atoms with E-state index >= 15 is 0 Å². The highest BCUT2D eigenvalue weighted by molar-refractivity contribution is 7.13. The molecule has 2 aromatic rings. The highest BCUT2D eigenvalue weighted by Crippen LogP contribution is 2.22. The Morgan fingerprint density at radius 3 is 3.07 bits per heavy atom. The topological polar surface area (TPSA) is 41.6 Å². The third-order valence-corrected chi connectivity index (χ3v) is 3.19. The number of H-pyrrole nitrogens is 1. The van der Waals surface area contributed by atoms with Crippen molar-refractivity contribution in [3.63, 3.8) is 0 Å². The average molecular weight is 207 g/mol. The normalized spacial score (nSPS) is 13.0. The Morgan fingerprint density at radius 1 is 1.57 bits per heavy atom. The molecule has 0 fully saturated rings. The van der Waals surface area contributed by atoms with Crippen LogP contribution < -0.4 is 0 Å². The molecule has 0 aliphatic rings. The Hall–Kier alpha value is -1.16. The predicted octanol–water partition coefficient (Wildman–Crippen LogP) is 3.05. The van der Waals surface area contributed by atoms with Gasteiger partial charge in [-0.05, 0) is 17.9 Å². The molecule has 1 N–H and O–H groups in total. The van der Waals surface area contributed by atoms with Gasteiger partial charge in [0.25, 0.3) is 0 Å². The molecule has 0 aliphatic heterocycles. The largest absolute Gasteiger partial charge is 0.262 e. The second-order valence-corrected chi connectivity index (χ2v) is 4.28. The van der Waals surface area contributed by atoms with Crippen molar-refractivity contribution < 1.29 is 0 Å². The zero-order valence-corrected chi connectivity index (χ0v) is 9.14. The summed E-state index contributed by atoms with van der Waals surface area (Å²) in [5.74, 6) is 2.25. The number of nitrogens with one attached hydrogen (secondary N) is 1. The van der Waals surface area contributed by atoms with Crippen LogP contribution in [0.15, 0.2) is 17.5 Å². The maximum atomic E-state index is 4.47. The Bertz CT molecular complexity index is 391. The number of hydrogen-bond donors (Lipinski definition) is 1. The highest BCUT2D eigenvalue weighted by Gasteiger charge is 2.10. The Balaban J connectivity index is 2.26. The molecule has 0 bridgehead atoms. The first-order valence-corrected chi connectivity index (χ1v) is 5.65. The lowest BCUT2D eigenvalue weighted by Crippen LogP contribution is -1.93. The monoisotopic (exact) mass is 207 g/mol. The minimum absolute atomic E-state index is 0.455. The van der Waals surface area contributed by atoms with Crippen LogP contribution in [0.2, 0.25) is 0 Å². The van der Waals surface area contributed by atoms with E-state index in [1.165, 1.54) is 0 Å². The molecule has 2 aromatic heterocycles. The van der Waals surface area contributed by atoms with Gasteiger partial charge in [-0.25, -0.2) is 4.98 Å². The molecule has 1 atom stereocenters. The molecule has 0 spiro atoms. The van der Waals surface area contributed by atoms with Gasteiger partial charge in [0, 0.05) is 5.92 Å². The molecule has 0 amide bonds. The smallest absolute Gasteiger partial charge is 0.191 e. The third kappa shape index (κ3) is 1.70. The van der Waals surface area contributed by atoms with Crippen LogP contribution in [0.5, 0.6) is 0 Å². The second-order valence-electron chi connectivity index (χ2n) is 3.33. The number of aromatic amines is 1. The van der Waals surface area contributed by atoms with Crippen molar-refractivity contribution in [1.82, 2.24) is 15.2 Å². The second kappa shape index (κ2) is 3.92. The fourth-order valence-corrected chi connectivity index (χ4v) is 1.86. The summed E-state index contributed by atoms with van der Waals surface area (Å²) in [6.07, 6.45) is 1.08. The van der Waals surface area contributed by atoms with Crippen LogP contribution in [0.3, 0.4) is 0 Å². The molecule has 0 aliphatic carbocycles. The maximum absolute atomic E-state index is 4.47. The summed E-state index contributed by atoms with van der Waals surface area (Å²) in [5, 5.41) is 9.23. The van der Waals surface area contributed by atoms with E-state index in [1.54, 1.807) is 11.3 Å². The number of thiophene rings is 1. The van der Waals surface area contributed by atoms with Gasteiger partial charge >= 0.3 is 0 Å². The molecule has 0 saturated heterocycles. The number of rotatable bonds is 3. The summed E-state index contributed by atoms with van der Waals surface area (Å²) in [6.45, 7) is 4.30. The van der Waals surface area contributed by atoms with Gasteiger partial charge in [0.05, 0.1) is 4.88 Å². The Kier molecular flexibility index (Phi) is 2.63. The van der Waals surface area contributed by atoms with Crippen molar-refractivity contribution >= 4 is 11.3 Å². The van der Waals surface area contributed by atoms with Crippen molar-refractivity contribution in [3.8, 4) is 10.7 Å². The van der Waals surface area contributed by atoms with Gasteiger partial charge in [-0.3, -0.25) is 5.10 Å². The zero-order chi connectivity index (χ0) is 9.97. The third-order valence-electron chi connectivity index (χ3n) is 2.32. The van der Waals surface area contributed by atoms with Gasteiger partial charge in [-0.1, -0.05) is 19.9 Å². The molecule has 2 rings (SSSR count). The summed E-state index contributed by atoms with van der Waals surface area (Å²) < 4.78 is 0. The highest BCUT2D eigenvalue weighted by atomic mass is 32.1. The van der Waals surface area contributed by atoms with Crippen molar-refractivity contribution in [2.45, 2.75) is 26.2 Å². The zero-order valence-electron chi connectivity index (χ0n) is 8.32. The van der Waals surface area contributed by atoms with Gasteiger partial charge in [0.1, 0.15) is 5.82 Å². The molecule has 0 saturated carbocycles. The van der Waals surface area contributed by atoms with Crippen LogP contribution in [0.1, 0.15) is 32.0 Å². The van der Waals surface area contributed by atoms with Crippen LogP contribution in [0.4, 0.5) is 0 Å². The standard InChI is InChI=1S/C10H13N3S/c1-3-7(2)9-11-10(13-12-9)8-5-4-6-14-8/h4-7H,3H2,1-2H3,(H,11,12,13). The van der Waals surface area contributed by atoms with Crippen molar-refractivity contribution in [3.05, 3.63) is 23.3 Å². The molecule has 14 heavy (non-hydrogen) atoms.